The SMILES string of the molecule is Cc1nc(C(=O)OC(C)(C)C)c(O)c2ccc(Oc3ccccc3)cc12. The predicted octanol–water partition coefficient (Wildman–Crippen LogP) is 5.00. The minimum absolute atomic E-state index is 0.0818. The zero-order chi connectivity index (χ0) is 18.9. The summed E-state index contributed by atoms with van der Waals surface area (Å²) in [6.07, 6.45) is 0. The van der Waals surface area contributed by atoms with Crippen LogP contribution in [0.5, 0.6) is 17.2 Å². The normalized spacial score (nSPS) is 11.4. The zero-order valence-electron chi connectivity index (χ0n) is 15.2. The van der Waals surface area contributed by atoms with Crippen molar-refractivity contribution in [2.75, 3.05) is 0 Å². The van der Waals surface area contributed by atoms with E-state index in [9.17, 15) is 9.90 Å². The Bertz CT molecular complexity index is 959. The van der Waals surface area contributed by atoms with E-state index in [0.717, 1.165) is 0 Å². The minimum atomic E-state index is -0.665. The van der Waals surface area contributed by atoms with Crippen molar-refractivity contribution < 1.29 is 19.4 Å². The van der Waals surface area contributed by atoms with Crippen LogP contribution >= 0.6 is 0 Å². The van der Waals surface area contributed by atoms with Crippen LogP contribution in [0.25, 0.3) is 10.8 Å². The maximum atomic E-state index is 12.3. The Labute approximate surface area is 152 Å². The number of carbonyl (C=O) groups is 1. The largest absolute Gasteiger partial charge is 0.505 e. The van der Waals surface area contributed by atoms with Gasteiger partial charge in [-0.15, -0.1) is 0 Å². The van der Waals surface area contributed by atoms with Gasteiger partial charge in [-0.2, -0.15) is 0 Å². The number of fused-ring (bicyclic) bond motifs is 1. The molecule has 5 nitrogen and oxygen atoms in total. The summed E-state index contributed by atoms with van der Waals surface area (Å²) in [5, 5.41) is 11.8. The van der Waals surface area contributed by atoms with E-state index in [0.29, 0.717) is 28.0 Å². The molecule has 0 aliphatic rings. The van der Waals surface area contributed by atoms with Crippen molar-refractivity contribution in [3.8, 4) is 17.2 Å². The molecule has 0 bridgehead atoms. The van der Waals surface area contributed by atoms with Crippen LogP contribution in [-0.4, -0.2) is 21.7 Å². The first-order chi connectivity index (χ1) is 12.2. The maximum absolute atomic E-state index is 12.3. The molecule has 0 saturated carbocycles. The molecule has 0 fully saturated rings. The highest BCUT2D eigenvalue weighted by atomic mass is 16.6. The summed E-state index contributed by atoms with van der Waals surface area (Å²) in [5.74, 6) is 0.501. The summed E-state index contributed by atoms with van der Waals surface area (Å²) in [4.78, 5) is 16.6. The summed E-state index contributed by atoms with van der Waals surface area (Å²) in [5.41, 5.74) is -0.139. The van der Waals surface area contributed by atoms with Crippen molar-refractivity contribution in [3.63, 3.8) is 0 Å². The predicted molar refractivity (Wildman–Crippen MR) is 99.8 cm³/mol. The third kappa shape index (κ3) is 3.77. The number of pyridine rings is 1. The van der Waals surface area contributed by atoms with Gasteiger partial charge in [-0.1, -0.05) is 18.2 Å². The van der Waals surface area contributed by atoms with Crippen LogP contribution in [0.1, 0.15) is 37.0 Å². The number of esters is 1. The Morgan fingerprint density at radius 1 is 1.00 bits per heavy atom. The third-order valence-electron chi connectivity index (χ3n) is 3.71. The molecule has 5 heteroatoms. The summed E-state index contributed by atoms with van der Waals surface area (Å²) >= 11 is 0. The zero-order valence-corrected chi connectivity index (χ0v) is 15.2. The van der Waals surface area contributed by atoms with Gasteiger partial charge in [0, 0.05) is 16.5 Å². The Morgan fingerprint density at radius 2 is 1.69 bits per heavy atom. The highest BCUT2D eigenvalue weighted by molar-refractivity contribution is 6.00. The average Bonchev–Trinajstić information content (AvgIpc) is 2.57. The molecule has 2 aromatic carbocycles. The number of aromatic nitrogens is 1. The van der Waals surface area contributed by atoms with Crippen LogP contribution in [0, 0.1) is 6.92 Å². The number of hydrogen-bond acceptors (Lipinski definition) is 5. The van der Waals surface area contributed by atoms with E-state index in [1.807, 2.05) is 30.3 Å². The van der Waals surface area contributed by atoms with Gasteiger partial charge in [-0.25, -0.2) is 9.78 Å². The van der Waals surface area contributed by atoms with Crippen LogP contribution in [0.15, 0.2) is 48.5 Å². The van der Waals surface area contributed by atoms with Crippen molar-refractivity contribution in [1.82, 2.24) is 4.98 Å². The molecular formula is C21H21NO4. The number of aromatic hydroxyl groups is 1. The Balaban J connectivity index is 2.00. The molecule has 0 atom stereocenters. The van der Waals surface area contributed by atoms with Crippen LogP contribution in [0.2, 0.25) is 0 Å². The van der Waals surface area contributed by atoms with Gasteiger partial charge in [-0.3, -0.25) is 0 Å². The minimum Gasteiger partial charge on any atom is -0.505 e. The number of ether oxygens (including phenoxy) is 2. The van der Waals surface area contributed by atoms with Gasteiger partial charge >= 0.3 is 5.97 Å². The maximum Gasteiger partial charge on any atom is 0.361 e. The highest BCUT2D eigenvalue weighted by Crippen LogP contribution is 2.34. The molecule has 3 aromatic rings. The molecule has 0 spiro atoms. The topological polar surface area (TPSA) is 68.7 Å². The first kappa shape index (κ1) is 17.7. The summed E-state index contributed by atoms with van der Waals surface area (Å²) < 4.78 is 11.1. The highest BCUT2D eigenvalue weighted by Gasteiger charge is 2.24. The fraction of sp³-hybridized carbons (Fsp3) is 0.238. The molecule has 1 aromatic heterocycles. The lowest BCUT2D eigenvalue weighted by Crippen LogP contribution is -2.24. The molecule has 0 radical (unpaired) electrons. The Morgan fingerprint density at radius 3 is 2.35 bits per heavy atom. The lowest BCUT2D eigenvalue weighted by molar-refractivity contribution is 0.00599. The number of nitrogens with zero attached hydrogens (tertiary/aromatic N) is 1. The van der Waals surface area contributed by atoms with Gasteiger partial charge in [0.05, 0.1) is 0 Å². The van der Waals surface area contributed by atoms with E-state index in [2.05, 4.69) is 4.98 Å². The van der Waals surface area contributed by atoms with E-state index in [1.54, 1.807) is 45.9 Å². The molecule has 3 rings (SSSR count). The molecular weight excluding hydrogens is 330 g/mol. The number of carbonyl (C=O) groups excluding carboxylic acids is 1. The van der Waals surface area contributed by atoms with Crippen LogP contribution in [0.4, 0.5) is 0 Å². The summed E-state index contributed by atoms with van der Waals surface area (Å²) in [7, 11) is 0. The molecule has 1 heterocycles. The summed E-state index contributed by atoms with van der Waals surface area (Å²) in [6, 6.07) is 14.7. The number of aryl methyl sites for hydroxylation is 1. The van der Waals surface area contributed by atoms with Gasteiger partial charge < -0.3 is 14.6 Å². The monoisotopic (exact) mass is 351 g/mol. The number of benzene rings is 2. The lowest BCUT2D eigenvalue weighted by Gasteiger charge is -2.20. The molecule has 0 aliphatic carbocycles. The number of hydrogen-bond donors (Lipinski definition) is 1. The second-order valence-corrected chi connectivity index (χ2v) is 7.02. The molecule has 0 amide bonds. The van der Waals surface area contributed by atoms with E-state index in [1.165, 1.54) is 0 Å². The van der Waals surface area contributed by atoms with Crippen molar-refractivity contribution in [2.24, 2.45) is 0 Å². The van der Waals surface area contributed by atoms with Gasteiger partial charge in [0.1, 0.15) is 17.1 Å². The van der Waals surface area contributed by atoms with Crippen molar-refractivity contribution in [3.05, 3.63) is 59.9 Å². The van der Waals surface area contributed by atoms with Crippen molar-refractivity contribution >= 4 is 16.7 Å². The quantitative estimate of drug-likeness (QED) is 0.673. The van der Waals surface area contributed by atoms with Gasteiger partial charge in [0.2, 0.25) is 0 Å². The van der Waals surface area contributed by atoms with E-state index < -0.39 is 11.6 Å². The molecule has 134 valence electrons. The summed E-state index contributed by atoms with van der Waals surface area (Å²) in [6.45, 7) is 7.08. The average molecular weight is 351 g/mol. The van der Waals surface area contributed by atoms with Gasteiger partial charge in [0.15, 0.2) is 11.4 Å². The smallest absolute Gasteiger partial charge is 0.361 e. The fourth-order valence-electron chi connectivity index (χ4n) is 2.59. The Kier molecular flexibility index (Phi) is 4.55. The third-order valence-corrected chi connectivity index (χ3v) is 3.71. The molecule has 0 aliphatic heterocycles. The van der Waals surface area contributed by atoms with Gasteiger partial charge in [0.25, 0.3) is 0 Å². The molecule has 1 N–H and O–H groups in total. The van der Waals surface area contributed by atoms with Gasteiger partial charge in [-0.05, 0) is 58.0 Å². The van der Waals surface area contributed by atoms with Crippen molar-refractivity contribution in [1.29, 1.82) is 0 Å². The van der Waals surface area contributed by atoms with E-state index in [-0.39, 0.29) is 11.4 Å². The molecule has 0 saturated heterocycles. The van der Waals surface area contributed by atoms with Crippen molar-refractivity contribution in [2.45, 2.75) is 33.3 Å². The second kappa shape index (κ2) is 6.67. The lowest BCUT2D eigenvalue weighted by atomic mass is 10.1. The fourth-order valence-corrected chi connectivity index (χ4v) is 2.59. The standard InChI is InChI=1S/C21H21NO4/c1-13-17-12-15(25-14-8-6-5-7-9-14)10-11-16(17)19(23)18(22-13)20(24)26-21(2,3)4/h5-12,23H,1-4H3. The first-order valence-electron chi connectivity index (χ1n) is 8.34. The molecule has 0 unspecified atom stereocenters. The van der Waals surface area contributed by atoms with E-state index >= 15 is 0 Å². The Hall–Kier alpha value is -3.08. The first-order valence-corrected chi connectivity index (χ1v) is 8.34. The van der Waals surface area contributed by atoms with Crippen LogP contribution in [0.3, 0.4) is 0 Å². The number of para-hydroxylation sites is 1. The second-order valence-electron chi connectivity index (χ2n) is 7.02. The van der Waals surface area contributed by atoms with Crippen LogP contribution in [-0.2, 0) is 4.74 Å². The number of rotatable bonds is 3. The van der Waals surface area contributed by atoms with E-state index in [4.69, 9.17) is 9.47 Å². The van der Waals surface area contributed by atoms with Crippen LogP contribution < -0.4 is 4.74 Å². The molecule has 26 heavy (non-hydrogen) atoms.